The Morgan fingerprint density at radius 3 is 1.74 bits per heavy atom. The van der Waals surface area contributed by atoms with Gasteiger partial charge in [0.15, 0.2) is 0 Å². The van der Waals surface area contributed by atoms with Gasteiger partial charge in [-0.3, -0.25) is 18.5 Å². The molecule has 0 aromatic heterocycles. The van der Waals surface area contributed by atoms with E-state index in [0.717, 1.165) is 49.2 Å². The molecule has 2 aromatic carbocycles. The van der Waals surface area contributed by atoms with Gasteiger partial charge >= 0.3 is 0 Å². The first-order chi connectivity index (χ1) is 15.0. The molecule has 0 bridgehead atoms. The van der Waals surface area contributed by atoms with Crippen molar-refractivity contribution < 1.29 is 13.3 Å². The summed E-state index contributed by atoms with van der Waals surface area (Å²) in [6.45, 7) is 2.03. The molecular weight excluding hydrogens is 430 g/mol. The Balaban J connectivity index is 1.47. The van der Waals surface area contributed by atoms with Crippen molar-refractivity contribution in [2.75, 3.05) is 11.5 Å². The average Bonchev–Trinajstić information content (AvgIpc) is 2.77. The molecule has 0 aliphatic carbocycles. The number of hydrogen-bond donors (Lipinski definition) is 0. The van der Waals surface area contributed by atoms with E-state index >= 15 is 0 Å². The summed E-state index contributed by atoms with van der Waals surface area (Å²) in [5.41, 5.74) is 1.14. The van der Waals surface area contributed by atoms with Crippen LogP contribution in [0.2, 0.25) is 0 Å². The molecule has 0 saturated carbocycles. The minimum absolute atomic E-state index is 0.0523. The molecular formula is C24H33NO4S2. The van der Waals surface area contributed by atoms with Crippen molar-refractivity contribution in [3.05, 3.63) is 64.2 Å². The molecule has 31 heavy (non-hydrogen) atoms. The van der Waals surface area contributed by atoms with Gasteiger partial charge in [0.1, 0.15) is 4.90 Å². The Morgan fingerprint density at radius 1 is 0.710 bits per heavy atom. The molecule has 0 amide bonds. The number of rotatable bonds is 15. The van der Waals surface area contributed by atoms with Crippen LogP contribution < -0.4 is 0 Å². The zero-order valence-electron chi connectivity index (χ0n) is 18.3. The molecule has 2 unspecified atom stereocenters. The zero-order valence-corrected chi connectivity index (χ0v) is 19.9. The monoisotopic (exact) mass is 463 g/mol. The lowest BCUT2D eigenvalue weighted by Crippen LogP contribution is -2.02. The lowest BCUT2D eigenvalue weighted by Gasteiger charge is -2.05. The lowest BCUT2D eigenvalue weighted by molar-refractivity contribution is -0.387. The molecule has 0 radical (unpaired) electrons. The molecule has 2 atom stereocenters. The van der Waals surface area contributed by atoms with Crippen LogP contribution in [0.3, 0.4) is 0 Å². The summed E-state index contributed by atoms with van der Waals surface area (Å²) in [5.74, 6) is 1.21. The molecule has 0 aliphatic rings. The Kier molecular flexibility index (Phi) is 11.7. The summed E-state index contributed by atoms with van der Waals surface area (Å²) in [7, 11) is -2.20. The highest BCUT2D eigenvalue weighted by Crippen LogP contribution is 2.22. The van der Waals surface area contributed by atoms with Crippen LogP contribution in [0.1, 0.15) is 63.4 Å². The van der Waals surface area contributed by atoms with Crippen molar-refractivity contribution in [3.8, 4) is 0 Å². The van der Waals surface area contributed by atoms with Gasteiger partial charge in [0, 0.05) is 22.5 Å². The van der Waals surface area contributed by atoms with Crippen LogP contribution in [0.5, 0.6) is 0 Å². The van der Waals surface area contributed by atoms with Crippen LogP contribution in [0.4, 0.5) is 5.69 Å². The number of nitrogens with zero attached hydrogens (tertiary/aromatic N) is 1. The highest BCUT2D eigenvalue weighted by atomic mass is 32.2. The predicted octanol–water partition coefficient (Wildman–Crippen LogP) is 6.33. The van der Waals surface area contributed by atoms with E-state index < -0.39 is 26.5 Å². The molecule has 5 nitrogen and oxygen atoms in total. The normalized spacial score (nSPS) is 13.1. The maximum atomic E-state index is 12.3. The summed E-state index contributed by atoms with van der Waals surface area (Å²) in [5, 5.41) is 11.0. The van der Waals surface area contributed by atoms with Gasteiger partial charge in [-0.25, -0.2) is 0 Å². The molecule has 0 fully saturated rings. The average molecular weight is 464 g/mol. The van der Waals surface area contributed by atoms with Gasteiger partial charge < -0.3 is 0 Å². The molecule has 0 heterocycles. The molecule has 0 N–H and O–H groups in total. The van der Waals surface area contributed by atoms with Crippen LogP contribution >= 0.6 is 0 Å². The largest absolute Gasteiger partial charge is 0.285 e. The van der Waals surface area contributed by atoms with E-state index in [9.17, 15) is 18.5 Å². The van der Waals surface area contributed by atoms with E-state index in [1.54, 1.807) is 18.2 Å². The Morgan fingerprint density at radius 2 is 1.19 bits per heavy atom. The van der Waals surface area contributed by atoms with Gasteiger partial charge in [-0.1, -0.05) is 74.8 Å². The second kappa shape index (κ2) is 14.2. The summed E-state index contributed by atoms with van der Waals surface area (Å²) >= 11 is 0. The van der Waals surface area contributed by atoms with E-state index in [4.69, 9.17) is 0 Å². The van der Waals surface area contributed by atoms with Gasteiger partial charge in [-0.15, -0.1) is 0 Å². The first kappa shape index (κ1) is 25.4. The van der Waals surface area contributed by atoms with Crippen molar-refractivity contribution in [2.45, 2.75) is 74.5 Å². The van der Waals surface area contributed by atoms with E-state index in [1.807, 2.05) is 31.2 Å². The van der Waals surface area contributed by atoms with E-state index in [-0.39, 0.29) is 5.69 Å². The summed E-state index contributed by atoms with van der Waals surface area (Å²) in [6.07, 6.45) is 9.76. The standard InChI is InChI=1S/C24H33NO4S2/c1-21-15-17-22(18-16-21)30(28)19-11-7-5-3-2-4-6-8-12-20-31(29)24-14-10-9-13-23(24)25(26)27/h9-10,13-18H,2-8,11-12,19-20H2,1H3. The maximum absolute atomic E-state index is 12.3. The van der Waals surface area contributed by atoms with Crippen LogP contribution in [-0.4, -0.2) is 24.8 Å². The number of unbranched alkanes of at least 4 members (excludes halogenated alkanes) is 8. The second-order valence-electron chi connectivity index (χ2n) is 7.82. The van der Waals surface area contributed by atoms with Crippen molar-refractivity contribution in [3.63, 3.8) is 0 Å². The van der Waals surface area contributed by atoms with E-state index in [1.165, 1.54) is 30.9 Å². The van der Waals surface area contributed by atoms with E-state index in [0.29, 0.717) is 10.6 Å². The third-order valence-electron chi connectivity index (χ3n) is 5.25. The fourth-order valence-electron chi connectivity index (χ4n) is 3.42. The van der Waals surface area contributed by atoms with Crippen LogP contribution in [0.25, 0.3) is 0 Å². The number of hydrogen-bond acceptors (Lipinski definition) is 4. The Hall–Kier alpha value is -1.86. The Bertz CT molecular complexity index is 868. The molecule has 0 spiro atoms. The molecule has 0 saturated heterocycles. The summed E-state index contributed by atoms with van der Waals surface area (Å²) < 4.78 is 24.6. The Labute approximate surface area is 190 Å². The highest BCUT2D eigenvalue weighted by Gasteiger charge is 2.17. The van der Waals surface area contributed by atoms with Gasteiger partial charge in [0.25, 0.3) is 5.69 Å². The van der Waals surface area contributed by atoms with Crippen molar-refractivity contribution in [2.24, 2.45) is 0 Å². The predicted molar refractivity (Wildman–Crippen MR) is 128 cm³/mol. The van der Waals surface area contributed by atoms with Crippen LogP contribution in [-0.2, 0) is 21.6 Å². The van der Waals surface area contributed by atoms with E-state index in [2.05, 4.69) is 0 Å². The van der Waals surface area contributed by atoms with Crippen molar-refractivity contribution >= 4 is 27.3 Å². The molecule has 7 heteroatoms. The second-order valence-corrected chi connectivity index (χ2v) is 10.9. The molecule has 0 aliphatic heterocycles. The van der Waals surface area contributed by atoms with Gasteiger partial charge in [0.05, 0.1) is 26.5 Å². The minimum atomic E-state index is -1.31. The number of nitro benzene ring substituents is 1. The molecule has 2 rings (SSSR count). The first-order valence-corrected chi connectivity index (χ1v) is 13.7. The topological polar surface area (TPSA) is 77.3 Å². The number of benzene rings is 2. The van der Waals surface area contributed by atoms with Crippen molar-refractivity contribution in [1.82, 2.24) is 0 Å². The van der Waals surface area contributed by atoms with Crippen molar-refractivity contribution in [1.29, 1.82) is 0 Å². The lowest BCUT2D eigenvalue weighted by atomic mass is 10.1. The maximum Gasteiger partial charge on any atom is 0.285 e. The number of nitro groups is 1. The third-order valence-corrected chi connectivity index (χ3v) is 8.20. The summed E-state index contributed by atoms with van der Waals surface area (Å²) in [6, 6.07) is 14.2. The number of para-hydroxylation sites is 1. The fraction of sp³-hybridized carbons (Fsp3) is 0.500. The number of aryl methyl sites for hydroxylation is 1. The third kappa shape index (κ3) is 9.44. The molecule has 170 valence electrons. The minimum Gasteiger partial charge on any atom is -0.258 e. The van der Waals surface area contributed by atoms with Gasteiger partial charge in [-0.05, 0) is 38.0 Å². The zero-order chi connectivity index (χ0) is 22.5. The fourth-order valence-corrected chi connectivity index (χ4v) is 5.86. The van der Waals surface area contributed by atoms with Crippen LogP contribution in [0, 0.1) is 17.0 Å². The van der Waals surface area contributed by atoms with Crippen LogP contribution in [0.15, 0.2) is 58.3 Å². The highest BCUT2D eigenvalue weighted by molar-refractivity contribution is 7.85. The first-order valence-electron chi connectivity index (χ1n) is 11.1. The van der Waals surface area contributed by atoms with Gasteiger partial charge in [-0.2, -0.15) is 0 Å². The molecule has 2 aromatic rings. The summed E-state index contributed by atoms with van der Waals surface area (Å²) in [4.78, 5) is 11.8. The quantitative estimate of drug-likeness (QED) is 0.176. The smallest absolute Gasteiger partial charge is 0.258 e. The van der Waals surface area contributed by atoms with Gasteiger partial charge in [0.2, 0.25) is 0 Å². The SMILES string of the molecule is Cc1ccc(S(=O)CCCCCCCCCCCS(=O)c2ccccc2[N+](=O)[O-])cc1.